The van der Waals surface area contributed by atoms with Crippen LogP contribution >= 0.6 is 0 Å². The average Bonchev–Trinajstić information content (AvgIpc) is 2.77. The molecule has 0 fully saturated rings. The highest BCUT2D eigenvalue weighted by atomic mass is 16.5. The van der Waals surface area contributed by atoms with E-state index in [0.717, 1.165) is 22.6 Å². The standard InChI is InChI=1S/C16H21NO2/c1-11(2)19-14-7-5-6-13(10-14)15(17-4)16-12(3)8-9-18-16/h5-11,15,17H,1-4H3. The molecule has 1 atom stereocenters. The van der Waals surface area contributed by atoms with E-state index in [9.17, 15) is 0 Å². The fourth-order valence-corrected chi connectivity index (χ4v) is 2.17. The highest BCUT2D eigenvalue weighted by Crippen LogP contribution is 2.27. The molecule has 0 saturated heterocycles. The fraction of sp³-hybridized carbons (Fsp3) is 0.375. The summed E-state index contributed by atoms with van der Waals surface area (Å²) in [6, 6.07) is 10.2. The highest BCUT2D eigenvalue weighted by Gasteiger charge is 2.17. The molecule has 1 unspecified atom stereocenters. The number of furan rings is 1. The van der Waals surface area contributed by atoms with Crippen LogP contribution in [0.25, 0.3) is 0 Å². The molecule has 0 aliphatic rings. The van der Waals surface area contributed by atoms with Gasteiger partial charge in [-0.2, -0.15) is 0 Å². The molecular formula is C16H21NO2. The molecule has 0 saturated carbocycles. The van der Waals surface area contributed by atoms with Crippen LogP contribution in [0.1, 0.15) is 36.8 Å². The second kappa shape index (κ2) is 5.93. The van der Waals surface area contributed by atoms with E-state index in [0.29, 0.717) is 0 Å². The summed E-state index contributed by atoms with van der Waals surface area (Å²) in [5.41, 5.74) is 2.29. The van der Waals surface area contributed by atoms with Crippen LogP contribution in [0.4, 0.5) is 0 Å². The van der Waals surface area contributed by atoms with E-state index >= 15 is 0 Å². The van der Waals surface area contributed by atoms with E-state index in [2.05, 4.69) is 24.4 Å². The van der Waals surface area contributed by atoms with Crippen LogP contribution in [0.2, 0.25) is 0 Å². The maximum Gasteiger partial charge on any atom is 0.128 e. The van der Waals surface area contributed by atoms with Crippen molar-refractivity contribution in [1.82, 2.24) is 5.32 Å². The molecule has 0 bridgehead atoms. The Morgan fingerprint density at radius 3 is 2.58 bits per heavy atom. The molecule has 1 aromatic carbocycles. The second-order valence-electron chi connectivity index (χ2n) is 4.93. The molecule has 1 N–H and O–H groups in total. The Balaban J connectivity index is 2.31. The lowest BCUT2D eigenvalue weighted by molar-refractivity contribution is 0.242. The molecule has 102 valence electrons. The second-order valence-corrected chi connectivity index (χ2v) is 4.93. The minimum atomic E-state index is 0.0470. The molecule has 3 heteroatoms. The monoisotopic (exact) mass is 259 g/mol. The first-order valence-corrected chi connectivity index (χ1v) is 6.59. The van der Waals surface area contributed by atoms with Crippen molar-refractivity contribution in [3.63, 3.8) is 0 Å². The van der Waals surface area contributed by atoms with E-state index in [4.69, 9.17) is 9.15 Å². The third-order valence-electron chi connectivity index (χ3n) is 3.02. The van der Waals surface area contributed by atoms with Crippen LogP contribution in [0, 0.1) is 6.92 Å². The van der Waals surface area contributed by atoms with Crippen molar-refractivity contribution in [3.05, 3.63) is 53.5 Å². The molecule has 2 aromatic rings. The van der Waals surface area contributed by atoms with Crippen molar-refractivity contribution in [2.24, 2.45) is 0 Å². The van der Waals surface area contributed by atoms with E-state index in [1.807, 2.05) is 39.1 Å². The van der Waals surface area contributed by atoms with Gasteiger partial charge in [0, 0.05) is 0 Å². The lowest BCUT2D eigenvalue weighted by atomic mass is 10.0. The molecule has 0 aliphatic heterocycles. The summed E-state index contributed by atoms with van der Waals surface area (Å²) in [6.07, 6.45) is 1.90. The Morgan fingerprint density at radius 2 is 2.00 bits per heavy atom. The van der Waals surface area contributed by atoms with Crippen molar-refractivity contribution in [1.29, 1.82) is 0 Å². The molecule has 1 heterocycles. The van der Waals surface area contributed by atoms with Gasteiger partial charge in [-0.3, -0.25) is 0 Å². The smallest absolute Gasteiger partial charge is 0.128 e. The summed E-state index contributed by atoms with van der Waals surface area (Å²) in [7, 11) is 1.93. The topological polar surface area (TPSA) is 34.4 Å². The molecule has 0 spiro atoms. The molecule has 2 rings (SSSR count). The van der Waals surface area contributed by atoms with E-state index in [1.165, 1.54) is 0 Å². The van der Waals surface area contributed by atoms with Gasteiger partial charge in [0.05, 0.1) is 18.4 Å². The predicted octanol–water partition coefficient (Wildman–Crippen LogP) is 3.68. The first-order valence-electron chi connectivity index (χ1n) is 6.59. The van der Waals surface area contributed by atoms with Crippen LogP contribution in [0.5, 0.6) is 5.75 Å². The Bertz CT molecular complexity index is 531. The van der Waals surface area contributed by atoms with Gasteiger partial charge in [-0.15, -0.1) is 0 Å². The third kappa shape index (κ3) is 3.18. The number of hydrogen-bond donors (Lipinski definition) is 1. The fourth-order valence-electron chi connectivity index (χ4n) is 2.17. The van der Waals surface area contributed by atoms with Gasteiger partial charge >= 0.3 is 0 Å². The van der Waals surface area contributed by atoms with Gasteiger partial charge in [-0.05, 0) is 57.1 Å². The maximum atomic E-state index is 5.74. The number of nitrogens with one attached hydrogen (secondary N) is 1. The molecule has 3 nitrogen and oxygen atoms in total. The van der Waals surface area contributed by atoms with Crippen molar-refractivity contribution in [3.8, 4) is 5.75 Å². The summed E-state index contributed by atoms with van der Waals surface area (Å²) >= 11 is 0. The Hall–Kier alpha value is -1.74. The minimum Gasteiger partial charge on any atom is -0.491 e. The minimum absolute atomic E-state index is 0.0470. The Morgan fingerprint density at radius 1 is 1.21 bits per heavy atom. The zero-order valence-corrected chi connectivity index (χ0v) is 11.9. The zero-order chi connectivity index (χ0) is 13.8. The van der Waals surface area contributed by atoms with Gasteiger partial charge in [-0.25, -0.2) is 0 Å². The molecular weight excluding hydrogens is 238 g/mol. The highest BCUT2D eigenvalue weighted by molar-refractivity contribution is 5.36. The quantitative estimate of drug-likeness (QED) is 0.889. The predicted molar refractivity (Wildman–Crippen MR) is 76.6 cm³/mol. The van der Waals surface area contributed by atoms with Gasteiger partial charge in [0.2, 0.25) is 0 Å². The van der Waals surface area contributed by atoms with Crippen LogP contribution < -0.4 is 10.1 Å². The van der Waals surface area contributed by atoms with Gasteiger partial charge in [0.1, 0.15) is 11.5 Å². The lowest BCUT2D eigenvalue weighted by Gasteiger charge is -2.17. The van der Waals surface area contributed by atoms with Crippen LogP contribution in [-0.2, 0) is 0 Å². The lowest BCUT2D eigenvalue weighted by Crippen LogP contribution is -2.18. The molecule has 19 heavy (non-hydrogen) atoms. The van der Waals surface area contributed by atoms with Crippen molar-refractivity contribution in [2.75, 3.05) is 7.05 Å². The molecule has 1 aromatic heterocycles. The van der Waals surface area contributed by atoms with Gasteiger partial charge in [0.25, 0.3) is 0 Å². The summed E-state index contributed by atoms with van der Waals surface area (Å²) < 4.78 is 11.3. The molecule has 0 aliphatic carbocycles. The summed E-state index contributed by atoms with van der Waals surface area (Å²) in [4.78, 5) is 0. The van der Waals surface area contributed by atoms with E-state index in [1.54, 1.807) is 6.26 Å². The van der Waals surface area contributed by atoms with Crippen LogP contribution in [-0.4, -0.2) is 13.2 Å². The van der Waals surface area contributed by atoms with E-state index < -0.39 is 0 Å². The third-order valence-corrected chi connectivity index (χ3v) is 3.02. The SMILES string of the molecule is CNC(c1cccc(OC(C)C)c1)c1occc1C. The number of aryl methyl sites for hydroxylation is 1. The Labute approximate surface area is 114 Å². The maximum absolute atomic E-state index is 5.74. The Kier molecular flexibility index (Phi) is 4.27. The van der Waals surface area contributed by atoms with Crippen molar-refractivity contribution in [2.45, 2.75) is 32.9 Å². The molecule has 0 radical (unpaired) electrons. The normalized spacial score (nSPS) is 12.7. The average molecular weight is 259 g/mol. The van der Waals surface area contributed by atoms with Gasteiger partial charge < -0.3 is 14.5 Å². The van der Waals surface area contributed by atoms with Crippen LogP contribution in [0.15, 0.2) is 41.0 Å². The summed E-state index contributed by atoms with van der Waals surface area (Å²) in [5, 5.41) is 3.29. The summed E-state index contributed by atoms with van der Waals surface area (Å²) in [5.74, 6) is 1.83. The van der Waals surface area contributed by atoms with Gasteiger partial charge in [0.15, 0.2) is 0 Å². The first-order chi connectivity index (χ1) is 9.11. The molecule has 0 amide bonds. The zero-order valence-electron chi connectivity index (χ0n) is 11.9. The van der Waals surface area contributed by atoms with Gasteiger partial charge in [-0.1, -0.05) is 12.1 Å². The van der Waals surface area contributed by atoms with E-state index in [-0.39, 0.29) is 12.1 Å². The van der Waals surface area contributed by atoms with Crippen molar-refractivity contribution < 1.29 is 9.15 Å². The summed E-state index contributed by atoms with van der Waals surface area (Å²) in [6.45, 7) is 6.11. The van der Waals surface area contributed by atoms with Crippen molar-refractivity contribution >= 4 is 0 Å². The number of ether oxygens (including phenoxy) is 1. The number of rotatable bonds is 5. The number of hydrogen-bond acceptors (Lipinski definition) is 3. The first kappa shape index (κ1) is 13.7. The number of benzene rings is 1. The van der Waals surface area contributed by atoms with Crippen LogP contribution in [0.3, 0.4) is 0 Å². The largest absolute Gasteiger partial charge is 0.491 e.